The summed E-state index contributed by atoms with van der Waals surface area (Å²) >= 11 is 6.21. The molecule has 0 fully saturated rings. The predicted octanol–water partition coefficient (Wildman–Crippen LogP) is 3.90. The number of halogens is 1. The Labute approximate surface area is 151 Å². The third kappa shape index (κ3) is 4.00. The van der Waals surface area contributed by atoms with Crippen LogP contribution in [0.15, 0.2) is 60.8 Å². The number of anilines is 2. The van der Waals surface area contributed by atoms with E-state index in [-0.39, 0.29) is 5.91 Å². The van der Waals surface area contributed by atoms with Crippen molar-refractivity contribution in [3.8, 4) is 0 Å². The summed E-state index contributed by atoms with van der Waals surface area (Å²) < 4.78 is 1.72. The van der Waals surface area contributed by atoms with Crippen LogP contribution < -0.4 is 10.2 Å². The first-order valence-corrected chi connectivity index (χ1v) is 8.26. The van der Waals surface area contributed by atoms with Gasteiger partial charge in [0.1, 0.15) is 5.82 Å². The first-order valence-electron chi connectivity index (χ1n) is 7.88. The van der Waals surface area contributed by atoms with Crippen LogP contribution in [0.3, 0.4) is 0 Å². The fourth-order valence-electron chi connectivity index (χ4n) is 2.47. The fraction of sp³-hybridized carbons (Fsp3) is 0.158. The standard InChI is InChI=1S/C19H19ClN4O/c1-23(2)16-8-5-7-14(12-16)19(25)22-18-10-11-21-24(18)13-15-6-3-4-9-17(15)20/h3-12H,13H2,1-2H3,(H,22,25). The van der Waals surface area contributed by atoms with Crippen LogP contribution in [-0.4, -0.2) is 29.8 Å². The molecule has 128 valence electrons. The van der Waals surface area contributed by atoms with E-state index >= 15 is 0 Å². The molecule has 0 atom stereocenters. The molecular weight excluding hydrogens is 336 g/mol. The van der Waals surface area contributed by atoms with Crippen molar-refractivity contribution in [2.75, 3.05) is 24.3 Å². The molecular formula is C19H19ClN4O. The molecule has 5 nitrogen and oxygen atoms in total. The topological polar surface area (TPSA) is 50.2 Å². The van der Waals surface area contributed by atoms with Crippen molar-refractivity contribution in [3.63, 3.8) is 0 Å². The van der Waals surface area contributed by atoms with Gasteiger partial charge in [0.2, 0.25) is 0 Å². The van der Waals surface area contributed by atoms with E-state index in [1.54, 1.807) is 23.0 Å². The fourth-order valence-corrected chi connectivity index (χ4v) is 2.66. The van der Waals surface area contributed by atoms with Crippen LogP contribution in [-0.2, 0) is 6.54 Å². The van der Waals surface area contributed by atoms with Crippen molar-refractivity contribution in [2.24, 2.45) is 0 Å². The normalized spacial score (nSPS) is 10.5. The maximum atomic E-state index is 12.6. The second kappa shape index (κ2) is 7.40. The van der Waals surface area contributed by atoms with Crippen LogP contribution in [0.25, 0.3) is 0 Å². The smallest absolute Gasteiger partial charge is 0.256 e. The molecule has 1 N–H and O–H groups in total. The molecule has 0 unspecified atom stereocenters. The van der Waals surface area contributed by atoms with Crippen molar-refractivity contribution >= 4 is 29.0 Å². The Morgan fingerprint density at radius 2 is 1.96 bits per heavy atom. The molecule has 3 rings (SSSR count). The zero-order valence-electron chi connectivity index (χ0n) is 14.1. The van der Waals surface area contributed by atoms with Crippen molar-refractivity contribution in [2.45, 2.75) is 6.54 Å². The number of nitrogens with one attached hydrogen (secondary N) is 1. The van der Waals surface area contributed by atoms with Gasteiger partial charge in [-0.25, -0.2) is 4.68 Å². The quantitative estimate of drug-likeness (QED) is 0.756. The largest absolute Gasteiger partial charge is 0.378 e. The molecule has 1 amide bonds. The molecule has 0 aliphatic carbocycles. The number of benzene rings is 2. The molecule has 0 aliphatic heterocycles. The summed E-state index contributed by atoms with van der Waals surface area (Å²) in [4.78, 5) is 14.5. The molecule has 0 spiro atoms. The first-order chi connectivity index (χ1) is 12.0. The Morgan fingerprint density at radius 3 is 2.72 bits per heavy atom. The second-order valence-corrected chi connectivity index (χ2v) is 6.27. The van der Waals surface area contributed by atoms with Gasteiger partial charge in [0.15, 0.2) is 0 Å². The Hall–Kier alpha value is -2.79. The van der Waals surface area contributed by atoms with E-state index in [0.717, 1.165) is 11.3 Å². The van der Waals surface area contributed by atoms with E-state index in [4.69, 9.17) is 11.6 Å². The second-order valence-electron chi connectivity index (χ2n) is 5.86. The highest BCUT2D eigenvalue weighted by molar-refractivity contribution is 6.31. The number of nitrogens with zero attached hydrogens (tertiary/aromatic N) is 3. The van der Waals surface area contributed by atoms with Crippen molar-refractivity contribution in [1.82, 2.24) is 9.78 Å². The van der Waals surface area contributed by atoms with Crippen LogP contribution in [0, 0.1) is 0 Å². The van der Waals surface area contributed by atoms with Gasteiger partial charge in [0, 0.05) is 36.4 Å². The van der Waals surface area contributed by atoms with Gasteiger partial charge in [0.05, 0.1) is 12.7 Å². The molecule has 3 aromatic rings. The molecule has 0 saturated heterocycles. The number of carbonyl (C=O) groups is 1. The van der Waals surface area contributed by atoms with Gasteiger partial charge in [-0.05, 0) is 29.8 Å². The predicted molar refractivity (Wildman–Crippen MR) is 102 cm³/mol. The molecule has 0 saturated carbocycles. The lowest BCUT2D eigenvalue weighted by atomic mass is 10.2. The van der Waals surface area contributed by atoms with Crippen LogP contribution in [0.2, 0.25) is 5.02 Å². The molecule has 0 bridgehead atoms. The molecule has 25 heavy (non-hydrogen) atoms. The summed E-state index contributed by atoms with van der Waals surface area (Å²) in [7, 11) is 3.88. The van der Waals surface area contributed by atoms with Crippen molar-refractivity contribution in [3.05, 3.63) is 76.9 Å². The van der Waals surface area contributed by atoms with Crippen molar-refractivity contribution in [1.29, 1.82) is 0 Å². The molecule has 6 heteroatoms. The van der Waals surface area contributed by atoms with E-state index in [1.807, 2.05) is 61.5 Å². The van der Waals surface area contributed by atoms with E-state index in [9.17, 15) is 4.79 Å². The van der Waals surface area contributed by atoms with E-state index in [2.05, 4.69) is 10.4 Å². The summed E-state index contributed by atoms with van der Waals surface area (Å²) in [5.41, 5.74) is 2.51. The first kappa shape index (κ1) is 17.0. The van der Waals surface area contributed by atoms with Crippen LogP contribution >= 0.6 is 11.6 Å². The minimum atomic E-state index is -0.176. The Kier molecular flexibility index (Phi) is 5.05. The molecule has 0 radical (unpaired) electrons. The molecule has 1 aromatic heterocycles. The molecule has 2 aromatic carbocycles. The molecule has 1 heterocycles. The van der Waals surface area contributed by atoms with E-state index < -0.39 is 0 Å². The van der Waals surface area contributed by atoms with Crippen LogP contribution in [0.4, 0.5) is 11.5 Å². The monoisotopic (exact) mass is 354 g/mol. The highest BCUT2D eigenvalue weighted by Gasteiger charge is 2.11. The van der Waals surface area contributed by atoms with Crippen molar-refractivity contribution < 1.29 is 4.79 Å². The Bertz CT molecular complexity index is 888. The SMILES string of the molecule is CN(C)c1cccc(C(=O)Nc2ccnn2Cc2ccccc2Cl)c1. The number of aromatic nitrogens is 2. The number of amides is 1. The van der Waals surface area contributed by atoms with Gasteiger partial charge < -0.3 is 10.2 Å². The van der Waals surface area contributed by atoms with E-state index in [0.29, 0.717) is 22.9 Å². The zero-order valence-corrected chi connectivity index (χ0v) is 14.9. The maximum Gasteiger partial charge on any atom is 0.256 e. The van der Waals surface area contributed by atoms with Gasteiger partial charge in [-0.15, -0.1) is 0 Å². The van der Waals surface area contributed by atoms with Crippen LogP contribution in [0.1, 0.15) is 15.9 Å². The lowest BCUT2D eigenvalue weighted by Gasteiger charge is -2.14. The van der Waals surface area contributed by atoms with E-state index in [1.165, 1.54) is 0 Å². The van der Waals surface area contributed by atoms with Crippen LogP contribution in [0.5, 0.6) is 0 Å². The summed E-state index contributed by atoms with van der Waals surface area (Å²) in [6.07, 6.45) is 1.66. The lowest BCUT2D eigenvalue weighted by Crippen LogP contribution is -2.17. The summed E-state index contributed by atoms with van der Waals surface area (Å²) in [6, 6.07) is 16.8. The number of hydrogen-bond acceptors (Lipinski definition) is 3. The highest BCUT2D eigenvalue weighted by Crippen LogP contribution is 2.19. The Morgan fingerprint density at radius 1 is 1.16 bits per heavy atom. The lowest BCUT2D eigenvalue weighted by molar-refractivity contribution is 0.102. The average Bonchev–Trinajstić information content (AvgIpc) is 3.04. The Balaban J connectivity index is 1.78. The average molecular weight is 355 g/mol. The van der Waals surface area contributed by atoms with Gasteiger partial charge in [-0.3, -0.25) is 4.79 Å². The van der Waals surface area contributed by atoms with Gasteiger partial charge in [-0.1, -0.05) is 35.9 Å². The number of hydrogen-bond donors (Lipinski definition) is 1. The third-order valence-electron chi connectivity index (χ3n) is 3.86. The number of carbonyl (C=O) groups excluding carboxylic acids is 1. The summed E-state index contributed by atoms with van der Waals surface area (Å²) in [5, 5.41) is 7.87. The highest BCUT2D eigenvalue weighted by atomic mass is 35.5. The van der Waals surface area contributed by atoms with Gasteiger partial charge in [-0.2, -0.15) is 5.10 Å². The minimum absolute atomic E-state index is 0.176. The zero-order chi connectivity index (χ0) is 17.8. The maximum absolute atomic E-state index is 12.6. The summed E-state index contributed by atoms with van der Waals surface area (Å²) in [6.45, 7) is 0.486. The minimum Gasteiger partial charge on any atom is -0.378 e. The third-order valence-corrected chi connectivity index (χ3v) is 4.23. The van der Waals surface area contributed by atoms with Gasteiger partial charge in [0.25, 0.3) is 5.91 Å². The molecule has 0 aliphatic rings. The summed E-state index contributed by atoms with van der Waals surface area (Å²) in [5.74, 6) is 0.449. The number of rotatable bonds is 5. The van der Waals surface area contributed by atoms with Gasteiger partial charge >= 0.3 is 0 Å².